The van der Waals surface area contributed by atoms with Crippen LogP contribution in [0.4, 0.5) is 14.9 Å². The van der Waals surface area contributed by atoms with Gasteiger partial charge in [-0.05, 0) is 36.6 Å². The number of urea groups is 1. The van der Waals surface area contributed by atoms with Crippen molar-refractivity contribution in [2.75, 3.05) is 5.32 Å². The predicted octanol–water partition coefficient (Wildman–Crippen LogP) is 3.06. The van der Waals surface area contributed by atoms with Crippen LogP contribution in [0.15, 0.2) is 48.9 Å². The summed E-state index contributed by atoms with van der Waals surface area (Å²) in [5, 5.41) is 7.05. The molecule has 6 nitrogen and oxygen atoms in total. The van der Waals surface area contributed by atoms with Gasteiger partial charge in [-0.2, -0.15) is 5.10 Å². The van der Waals surface area contributed by atoms with Crippen LogP contribution in [0, 0.1) is 5.82 Å². The maximum absolute atomic E-state index is 13.0. The van der Waals surface area contributed by atoms with E-state index in [0.29, 0.717) is 17.9 Å². The lowest BCUT2D eigenvalue weighted by Crippen LogP contribution is -2.36. The van der Waals surface area contributed by atoms with E-state index >= 15 is 0 Å². The Kier molecular flexibility index (Phi) is 3.60. The van der Waals surface area contributed by atoms with Gasteiger partial charge in [-0.1, -0.05) is 12.1 Å². The van der Waals surface area contributed by atoms with Crippen LogP contribution in [-0.4, -0.2) is 31.6 Å². The Hall–Kier alpha value is -2.96. The zero-order chi connectivity index (χ0) is 16.5. The topological polar surface area (TPSA) is 62.5 Å². The molecule has 2 amide bonds. The fourth-order valence-electron chi connectivity index (χ4n) is 2.64. The maximum Gasteiger partial charge on any atom is 0.322 e. The first-order chi connectivity index (χ1) is 11.7. The zero-order valence-electron chi connectivity index (χ0n) is 12.9. The molecule has 0 bridgehead atoms. The van der Waals surface area contributed by atoms with Gasteiger partial charge < -0.3 is 10.2 Å². The van der Waals surface area contributed by atoms with Crippen molar-refractivity contribution >= 4 is 17.4 Å². The van der Waals surface area contributed by atoms with Gasteiger partial charge in [-0.15, -0.1) is 0 Å². The highest BCUT2D eigenvalue weighted by Gasteiger charge is 2.33. The van der Waals surface area contributed by atoms with E-state index in [9.17, 15) is 9.18 Å². The van der Waals surface area contributed by atoms with Gasteiger partial charge in [-0.25, -0.2) is 18.7 Å². The number of aromatic nitrogens is 3. The van der Waals surface area contributed by atoms with Crippen molar-refractivity contribution in [3.63, 3.8) is 0 Å². The maximum atomic E-state index is 13.0. The number of benzene rings is 1. The molecule has 122 valence electrons. The first-order valence-electron chi connectivity index (χ1n) is 7.81. The van der Waals surface area contributed by atoms with Crippen LogP contribution >= 0.6 is 0 Å². The zero-order valence-corrected chi connectivity index (χ0v) is 12.9. The van der Waals surface area contributed by atoms with Crippen molar-refractivity contribution in [2.24, 2.45) is 0 Å². The highest BCUT2D eigenvalue weighted by Crippen LogP contribution is 2.29. The van der Waals surface area contributed by atoms with E-state index in [1.54, 1.807) is 46.2 Å². The standard InChI is InChI=1S/C17H16FN5O/c18-13-4-2-12(3-5-13)11-22(14-6-7-14)17(24)21-15-10-20-23-9-1-8-19-16(15)23/h1-5,8-10,14H,6-7,11H2,(H,21,24). The average Bonchev–Trinajstić information content (AvgIpc) is 3.36. The van der Waals surface area contributed by atoms with Gasteiger partial charge in [0.15, 0.2) is 5.65 Å². The van der Waals surface area contributed by atoms with Gasteiger partial charge in [0.25, 0.3) is 0 Å². The van der Waals surface area contributed by atoms with Crippen molar-refractivity contribution in [3.05, 3.63) is 60.3 Å². The molecule has 2 aromatic heterocycles. The number of carbonyl (C=O) groups excluding carboxylic acids is 1. The van der Waals surface area contributed by atoms with E-state index < -0.39 is 0 Å². The summed E-state index contributed by atoms with van der Waals surface area (Å²) < 4.78 is 14.7. The van der Waals surface area contributed by atoms with Crippen molar-refractivity contribution in [1.82, 2.24) is 19.5 Å². The Balaban J connectivity index is 1.53. The second kappa shape index (κ2) is 5.92. The van der Waals surface area contributed by atoms with E-state index in [1.165, 1.54) is 12.1 Å². The second-order valence-corrected chi connectivity index (χ2v) is 5.86. The molecule has 1 aliphatic carbocycles. The number of rotatable bonds is 4. The molecule has 0 spiro atoms. The monoisotopic (exact) mass is 325 g/mol. The summed E-state index contributed by atoms with van der Waals surface area (Å²) in [6.07, 6.45) is 6.99. The lowest BCUT2D eigenvalue weighted by atomic mass is 10.2. The lowest BCUT2D eigenvalue weighted by molar-refractivity contribution is 0.206. The molecule has 0 saturated heterocycles. The molecule has 4 rings (SSSR count). The first-order valence-corrected chi connectivity index (χ1v) is 7.81. The predicted molar refractivity (Wildman–Crippen MR) is 87.0 cm³/mol. The highest BCUT2D eigenvalue weighted by atomic mass is 19.1. The molecule has 0 radical (unpaired) electrons. The Labute approximate surface area is 137 Å². The van der Waals surface area contributed by atoms with E-state index in [-0.39, 0.29) is 17.9 Å². The van der Waals surface area contributed by atoms with Gasteiger partial charge in [0, 0.05) is 25.0 Å². The molecule has 1 N–H and O–H groups in total. The summed E-state index contributed by atoms with van der Waals surface area (Å²) in [6, 6.07) is 8.04. The van der Waals surface area contributed by atoms with Crippen molar-refractivity contribution in [3.8, 4) is 0 Å². The van der Waals surface area contributed by atoms with Gasteiger partial charge in [-0.3, -0.25) is 0 Å². The third-order valence-electron chi connectivity index (χ3n) is 4.04. The third-order valence-corrected chi connectivity index (χ3v) is 4.04. The fraction of sp³-hybridized carbons (Fsp3) is 0.235. The number of amides is 2. The van der Waals surface area contributed by atoms with E-state index in [0.717, 1.165) is 18.4 Å². The molecule has 0 aliphatic heterocycles. The van der Waals surface area contributed by atoms with Crippen molar-refractivity contribution < 1.29 is 9.18 Å². The number of carbonyl (C=O) groups is 1. The van der Waals surface area contributed by atoms with Crippen LogP contribution in [-0.2, 0) is 6.54 Å². The number of anilines is 1. The Morgan fingerprint density at radius 1 is 1.33 bits per heavy atom. The first kappa shape index (κ1) is 14.6. The average molecular weight is 325 g/mol. The largest absolute Gasteiger partial charge is 0.322 e. The molecule has 0 unspecified atom stereocenters. The number of hydrogen-bond donors (Lipinski definition) is 1. The van der Waals surface area contributed by atoms with Crippen LogP contribution in [0.25, 0.3) is 5.65 Å². The normalized spacial score (nSPS) is 13.9. The van der Waals surface area contributed by atoms with Crippen LogP contribution in [0.2, 0.25) is 0 Å². The van der Waals surface area contributed by atoms with E-state index in [2.05, 4.69) is 15.4 Å². The van der Waals surface area contributed by atoms with Crippen molar-refractivity contribution in [2.45, 2.75) is 25.4 Å². The van der Waals surface area contributed by atoms with E-state index in [4.69, 9.17) is 0 Å². The number of halogens is 1. The molecule has 3 aromatic rings. The number of nitrogens with one attached hydrogen (secondary N) is 1. The van der Waals surface area contributed by atoms with Gasteiger partial charge in [0.05, 0.1) is 6.20 Å². The highest BCUT2D eigenvalue weighted by molar-refractivity contribution is 5.93. The minimum Gasteiger partial charge on any atom is -0.317 e. The molecule has 24 heavy (non-hydrogen) atoms. The summed E-state index contributed by atoms with van der Waals surface area (Å²) in [7, 11) is 0. The van der Waals surface area contributed by atoms with E-state index in [1.807, 2.05) is 0 Å². The minimum atomic E-state index is -0.279. The van der Waals surface area contributed by atoms with Crippen molar-refractivity contribution in [1.29, 1.82) is 0 Å². The number of hydrogen-bond acceptors (Lipinski definition) is 3. The molecule has 2 heterocycles. The molecular formula is C17H16FN5O. The van der Waals surface area contributed by atoms with Gasteiger partial charge >= 0.3 is 6.03 Å². The fourth-order valence-corrected chi connectivity index (χ4v) is 2.64. The molecule has 1 aliphatic rings. The quantitative estimate of drug-likeness (QED) is 0.802. The third kappa shape index (κ3) is 2.92. The summed E-state index contributed by atoms with van der Waals surface area (Å²) in [4.78, 5) is 18.7. The number of fused-ring (bicyclic) bond motifs is 1. The molecular weight excluding hydrogens is 309 g/mol. The summed E-state index contributed by atoms with van der Waals surface area (Å²) in [5.74, 6) is -0.279. The Morgan fingerprint density at radius 3 is 2.88 bits per heavy atom. The number of nitrogens with zero attached hydrogens (tertiary/aromatic N) is 4. The van der Waals surface area contributed by atoms with Crippen LogP contribution in [0.5, 0.6) is 0 Å². The summed E-state index contributed by atoms with van der Waals surface area (Å²) >= 11 is 0. The molecule has 1 saturated carbocycles. The van der Waals surface area contributed by atoms with Crippen LogP contribution in [0.3, 0.4) is 0 Å². The Morgan fingerprint density at radius 2 is 2.12 bits per heavy atom. The smallest absolute Gasteiger partial charge is 0.317 e. The van der Waals surface area contributed by atoms with Crippen LogP contribution in [0.1, 0.15) is 18.4 Å². The molecule has 0 atom stereocenters. The minimum absolute atomic E-state index is 0.192. The lowest BCUT2D eigenvalue weighted by Gasteiger charge is -2.22. The second-order valence-electron chi connectivity index (χ2n) is 5.86. The summed E-state index contributed by atoms with van der Waals surface area (Å²) in [6.45, 7) is 0.448. The summed E-state index contributed by atoms with van der Waals surface area (Å²) in [5.41, 5.74) is 2.07. The van der Waals surface area contributed by atoms with Gasteiger partial charge in [0.1, 0.15) is 11.5 Å². The molecule has 1 aromatic carbocycles. The van der Waals surface area contributed by atoms with Gasteiger partial charge in [0.2, 0.25) is 0 Å². The molecule has 1 fully saturated rings. The SMILES string of the molecule is O=C(Nc1cnn2cccnc12)N(Cc1ccc(F)cc1)C1CC1. The molecule has 7 heteroatoms. The van der Waals surface area contributed by atoms with Crippen LogP contribution < -0.4 is 5.32 Å². The Bertz CT molecular complexity index is 872.